The van der Waals surface area contributed by atoms with Crippen molar-refractivity contribution in [1.29, 1.82) is 0 Å². The quantitative estimate of drug-likeness (QED) is 0.415. The molecular weight excluding hydrogens is 269 g/mol. The highest BCUT2D eigenvalue weighted by Gasteiger charge is 2.01. The molecule has 0 radical (unpaired) electrons. The van der Waals surface area contributed by atoms with Gasteiger partial charge in [-0.3, -0.25) is 0 Å². The van der Waals surface area contributed by atoms with Crippen molar-refractivity contribution in [3.05, 3.63) is 53.8 Å². The van der Waals surface area contributed by atoms with Crippen molar-refractivity contribution in [1.82, 2.24) is 0 Å². The highest BCUT2D eigenvalue weighted by Crippen LogP contribution is 2.23. The van der Waals surface area contributed by atoms with Gasteiger partial charge in [-0.1, -0.05) is 12.1 Å². The fourth-order valence-electron chi connectivity index (χ4n) is 1.87. The molecule has 4 nitrogen and oxygen atoms in total. The largest absolute Gasteiger partial charge is 0.397 e. The minimum Gasteiger partial charge on any atom is -0.397 e. The van der Waals surface area contributed by atoms with Crippen molar-refractivity contribution in [2.24, 2.45) is 0 Å². The lowest BCUT2D eigenvalue weighted by molar-refractivity contribution is 0.167. The molecule has 0 spiro atoms. The lowest BCUT2D eigenvalue weighted by Crippen LogP contribution is -2.08. The predicted octanol–water partition coefficient (Wildman–Crippen LogP) is 3.43. The van der Waals surface area contributed by atoms with E-state index in [1.165, 1.54) is 12.1 Å². The third kappa shape index (κ3) is 4.65. The summed E-state index contributed by atoms with van der Waals surface area (Å²) in [4.78, 5) is 0. The number of anilines is 3. The van der Waals surface area contributed by atoms with E-state index in [4.69, 9.17) is 10.5 Å². The number of nitrogen functional groups attached to an aromatic ring is 1. The van der Waals surface area contributed by atoms with E-state index in [9.17, 15) is 4.39 Å². The standard InChI is InChI=1S/C16H20FN3O/c1-2-21-11-20-16-8-7-14(9-15(16)18)19-10-12-3-5-13(17)6-4-12/h3-9,19-20H,2,10-11,18H2,1H3. The Kier molecular flexibility index (Phi) is 5.40. The third-order valence-corrected chi connectivity index (χ3v) is 3.03. The molecule has 0 aliphatic rings. The molecule has 2 aromatic rings. The summed E-state index contributed by atoms with van der Waals surface area (Å²) in [5.74, 6) is -0.229. The van der Waals surface area contributed by atoms with Crippen molar-refractivity contribution in [2.75, 3.05) is 29.7 Å². The van der Waals surface area contributed by atoms with Crippen molar-refractivity contribution in [3.8, 4) is 0 Å². The first-order valence-corrected chi connectivity index (χ1v) is 6.88. The number of hydrogen-bond donors (Lipinski definition) is 3. The molecule has 0 aromatic heterocycles. The van der Waals surface area contributed by atoms with E-state index in [1.54, 1.807) is 12.1 Å². The van der Waals surface area contributed by atoms with Crippen LogP contribution in [0.25, 0.3) is 0 Å². The molecule has 0 saturated carbocycles. The van der Waals surface area contributed by atoms with Crippen LogP contribution in [-0.4, -0.2) is 13.3 Å². The van der Waals surface area contributed by atoms with Gasteiger partial charge in [0, 0.05) is 18.8 Å². The van der Waals surface area contributed by atoms with Crippen LogP contribution in [0.4, 0.5) is 21.5 Å². The molecule has 0 aliphatic carbocycles. The van der Waals surface area contributed by atoms with Gasteiger partial charge in [-0.05, 0) is 42.8 Å². The van der Waals surface area contributed by atoms with Gasteiger partial charge in [0.1, 0.15) is 12.5 Å². The van der Waals surface area contributed by atoms with Crippen molar-refractivity contribution in [3.63, 3.8) is 0 Å². The van der Waals surface area contributed by atoms with E-state index < -0.39 is 0 Å². The van der Waals surface area contributed by atoms with Crippen LogP contribution < -0.4 is 16.4 Å². The zero-order valence-corrected chi connectivity index (χ0v) is 12.0. The molecule has 0 heterocycles. The van der Waals surface area contributed by atoms with Crippen molar-refractivity contribution >= 4 is 17.1 Å². The number of halogens is 1. The van der Waals surface area contributed by atoms with E-state index in [0.29, 0.717) is 25.6 Å². The monoisotopic (exact) mass is 289 g/mol. The third-order valence-electron chi connectivity index (χ3n) is 3.03. The number of hydrogen-bond acceptors (Lipinski definition) is 4. The van der Waals surface area contributed by atoms with E-state index >= 15 is 0 Å². The lowest BCUT2D eigenvalue weighted by Gasteiger charge is -2.12. The minimum absolute atomic E-state index is 0.229. The van der Waals surface area contributed by atoms with Crippen LogP contribution >= 0.6 is 0 Å². The topological polar surface area (TPSA) is 59.3 Å². The van der Waals surface area contributed by atoms with Gasteiger partial charge in [0.25, 0.3) is 0 Å². The zero-order chi connectivity index (χ0) is 15.1. The Balaban J connectivity index is 1.92. The average Bonchev–Trinajstić information content (AvgIpc) is 2.49. The lowest BCUT2D eigenvalue weighted by atomic mass is 10.2. The van der Waals surface area contributed by atoms with Gasteiger partial charge in [-0.25, -0.2) is 4.39 Å². The van der Waals surface area contributed by atoms with Gasteiger partial charge in [0.05, 0.1) is 11.4 Å². The van der Waals surface area contributed by atoms with Crippen LogP contribution in [0, 0.1) is 5.82 Å². The van der Waals surface area contributed by atoms with Gasteiger partial charge in [0.2, 0.25) is 0 Å². The fourth-order valence-corrected chi connectivity index (χ4v) is 1.87. The summed E-state index contributed by atoms with van der Waals surface area (Å²) in [5, 5.41) is 6.36. The molecule has 0 aliphatic heterocycles. The second kappa shape index (κ2) is 7.50. The summed E-state index contributed by atoms with van der Waals surface area (Å²) in [6.07, 6.45) is 0. The highest BCUT2D eigenvalue weighted by atomic mass is 19.1. The molecule has 21 heavy (non-hydrogen) atoms. The molecule has 0 unspecified atom stereocenters. The molecule has 2 aromatic carbocycles. The second-order valence-corrected chi connectivity index (χ2v) is 4.60. The molecular formula is C16H20FN3O. The Morgan fingerprint density at radius 3 is 2.52 bits per heavy atom. The van der Waals surface area contributed by atoms with Gasteiger partial charge < -0.3 is 21.1 Å². The van der Waals surface area contributed by atoms with Crippen LogP contribution in [-0.2, 0) is 11.3 Å². The Morgan fingerprint density at radius 1 is 1.10 bits per heavy atom. The molecule has 0 amide bonds. The Bertz CT molecular complexity index is 572. The molecule has 4 N–H and O–H groups in total. The maximum absolute atomic E-state index is 12.8. The first kappa shape index (κ1) is 15.1. The smallest absolute Gasteiger partial charge is 0.123 e. The summed E-state index contributed by atoms with van der Waals surface area (Å²) in [5.41, 5.74) is 9.40. The van der Waals surface area contributed by atoms with Crippen LogP contribution in [0.1, 0.15) is 12.5 Å². The number of nitrogens with two attached hydrogens (primary N) is 1. The average molecular weight is 289 g/mol. The Morgan fingerprint density at radius 2 is 1.86 bits per heavy atom. The van der Waals surface area contributed by atoms with E-state index in [-0.39, 0.29) is 5.82 Å². The normalized spacial score (nSPS) is 10.4. The SMILES string of the molecule is CCOCNc1ccc(NCc2ccc(F)cc2)cc1N. The van der Waals surface area contributed by atoms with Gasteiger partial charge in [-0.15, -0.1) is 0 Å². The number of benzene rings is 2. The maximum atomic E-state index is 12.8. The second-order valence-electron chi connectivity index (χ2n) is 4.60. The molecule has 0 fully saturated rings. The number of nitrogens with one attached hydrogen (secondary N) is 2. The van der Waals surface area contributed by atoms with Gasteiger partial charge in [0.15, 0.2) is 0 Å². The first-order chi connectivity index (χ1) is 10.2. The predicted molar refractivity (Wildman–Crippen MR) is 84.7 cm³/mol. The van der Waals surface area contributed by atoms with Crippen molar-refractivity contribution in [2.45, 2.75) is 13.5 Å². The summed E-state index contributed by atoms with van der Waals surface area (Å²) in [7, 11) is 0. The zero-order valence-electron chi connectivity index (χ0n) is 12.0. The first-order valence-electron chi connectivity index (χ1n) is 6.88. The highest BCUT2D eigenvalue weighted by molar-refractivity contribution is 5.71. The molecule has 5 heteroatoms. The van der Waals surface area contributed by atoms with Crippen LogP contribution in [0.15, 0.2) is 42.5 Å². The van der Waals surface area contributed by atoms with Crippen LogP contribution in [0.5, 0.6) is 0 Å². The summed E-state index contributed by atoms with van der Waals surface area (Å²) in [6.45, 7) is 3.65. The van der Waals surface area contributed by atoms with E-state index in [0.717, 1.165) is 16.9 Å². The Hall–Kier alpha value is -2.27. The molecule has 0 saturated heterocycles. The Labute approximate surface area is 124 Å². The van der Waals surface area contributed by atoms with Crippen LogP contribution in [0.2, 0.25) is 0 Å². The summed E-state index contributed by atoms with van der Waals surface area (Å²) < 4.78 is 18.0. The number of ether oxygens (including phenoxy) is 1. The summed E-state index contributed by atoms with van der Waals surface area (Å²) in [6, 6.07) is 12.1. The molecule has 0 atom stereocenters. The summed E-state index contributed by atoms with van der Waals surface area (Å²) >= 11 is 0. The number of rotatable bonds is 7. The van der Waals surface area contributed by atoms with Crippen molar-refractivity contribution < 1.29 is 9.13 Å². The molecule has 0 bridgehead atoms. The van der Waals surface area contributed by atoms with E-state index in [1.807, 2.05) is 25.1 Å². The maximum Gasteiger partial charge on any atom is 0.123 e. The van der Waals surface area contributed by atoms with Gasteiger partial charge in [-0.2, -0.15) is 0 Å². The fraction of sp³-hybridized carbons (Fsp3) is 0.250. The molecule has 112 valence electrons. The van der Waals surface area contributed by atoms with Crippen LogP contribution in [0.3, 0.4) is 0 Å². The van der Waals surface area contributed by atoms with E-state index in [2.05, 4.69) is 10.6 Å². The minimum atomic E-state index is -0.229. The molecule has 2 rings (SSSR count). The van der Waals surface area contributed by atoms with Gasteiger partial charge >= 0.3 is 0 Å².